The Morgan fingerprint density at radius 3 is 2.68 bits per heavy atom. The van der Waals surface area contributed by atoms with Gasteiger partial charge in [-0.15, -0.1) is 0 Å². The molecule has 22 heavy (non-hydrogen) atoms. The van der Waals surface area contributed by atoms with E-state index in [2.05, 4.69) is 0 Å². The van der Waals surface area contributed by atoms with Crippen LogP contribution >= 0.6 is 0 Å². The summed E-state index contributed by atoms with van der Waals surface area (Å²) in [6.45, 7) is 5.41. The molecule has 0 spiro atoms. The second-order valence-corrected chi connectivity index (χ2v) is 5.43. The topological polar surface area (TPSA) is 96.2 Å². The predicted molar refractivity (Wildman–Crippen MR) is 78.8 cm³/mol. The van der Waals surface area contributed by atoms with Crippen molar-refractivity contribution in [3.05, 3.63) is 51.2 Å². The molecule has 0 aliphatic rings. The first kappa shape index (κ1) is 15.6. The van der Waals surface area contributed by atoms with E-state index >= 15 is 0 Å². The number of furan rings is 1. The number of aromatic nitrogens is 1. The molecule has 0 unspecified atom stereocenters. The molecule has 2 aromatic heterocycles. The molecule has 6 heteroatoms. The number of hydrogen-bond donors (Lipinski definition) is 1. The molecular formula is C16H16N2O4. The Morgan fingerprint density at radius 1 is 1.50 bits per heavy atom. The fourth-order valence-corrected chi connectivity index (χ4v) is 2.29. The molecule has 0 saturated carbocycles. The van der Waals surface area contributed by atoms with Gasteiger partial charge in [-0.2, -0.15) is 5.26 Å². The number of rotatable bonds is 4. The van der Waals surface area contributed by atoms with Gasteiger partial charge in [0.1, 0.15) is 11.6 Å². The van der Waals surface area contributed by atoms with E-state index in [1.165, 1.54) is 19.3 Å². The molecule has 2 aromatic rings. The Balaban J connectivity index is 2.76. The third kappa shape index (κ3) is 2.53. The van der Waals surface area contributed by atoms with Gasteiger partial charge in [0.15, 0.2) is 5.76 Å². The number of hydrogen-bond acceptors (Lipinski definition) is 5. The summed E-state index contributed by atoms with van der Waals surface area (Å²) in [5.41, 5.74) is -0.659. The Morgan fingerprint density at radius 2 is 2.18 bits per heavy atom. The Labute approximate surface area is 127 Å². The van der Waals surface area contributed by atoms with Crippen molar-refractivity contribution in [3.63, 3.8) is 0 Å². The summed E-state index contributed by atoms with van der Waals surface area (Å²) in [6.07, 6.45) is 1.34. The van der Waals surface area contributed by atoms with Crippen LogP contribution in [0.3, 0.4) is 0 Å². The first-order valence-electron chi connectivity index (χ1n) is 6.83. The van der Waals surface area contributed by atoms with Gasteiger partial charge in [0.05, 0.1) is 11.8 Å². The van der Waals surface area contributed by atoms with Crippen LogP contribution in [0.25, 0.3) is 0 Å². The van der Waals surface area contributed by atoms with Gasteiger partial charge < -0.3 is 9.52 Å². The summed E-state index contributed by atoms with van der Waals surface area (Å²) in [5, 5.41) is 19.6. The molecule has 0 aliphatic heterocycles. The van der Waals surface area contributed by atoms with Crippen molar-refractivity contribution in [1.29, 1.82) is 5.26 Å². The highest BCUT2D eigenvalue weighted by atomic mass is 16.3. The van der Waals surface area contributed by atoms with Gasteiger partial charge in [-0.1, -0.05) is 13.8 Å². The zero-order valence-electron chi connectivity index (χ0n) is 12.6. The van der Waals surface area contributed by atoms with Crippen LogP contribution in [0.15, 0.2) is 27.6 Å². The number of aromatic hydroxyl groups is 1. The Kier molecular flexibility index (Phi) is 4.18. The molecule has 0 radical (unpaired) electrons. The van der Waals surface area contributed by atoms with Crippen LogP contribution in [-0.2, 0) is 6.54 Å². The minimum Gasteiger partial charge on any atom is -0.494 e. The normalized spacial score (nSPS) is 10.7. The van der Waals surface area contributed by atoms with E-state index in [0.717, 1.165) is 4.57 Å². The smallest absolute Gasteiger partial charge is 0.271 e. The fourth-order valence-electron chi connectivity index (χ4n) is 2.29. The maximum atomic E-state index is 12.5. The van der Waals surface area contributed by atoms with Gasteiger partial charge in [-0.05, 0) is 30.5 Å². The van der Waals surface area contributed by atoms with Crippen molar-refractivity contribution < 1.29 is 14.3 Å². The Bertz CT molecular complexity index is 808. The minimum absolute atomic E-state index is 0.0389. The molecule has 0 atom stereocenters. The van der Waals surface area contributed by atoms with Crippen LogP contribution in [0.5, 0.6) is 5.88 Å². The summed E-state index contributed by atoms with van der Waals surface area (Å²) >= 11 is 0. The zero-order chi connectivity index (χ0) is 16.4. The molecule has 114 valence electrons. The van der Waals surface area contributed by atoms with Crippen molar-refractivity contribution in [3.8, 4) is 11.9 Å². The SMILES string of the molecule is Cc1c(C(=O)c2ccco2)c(O)n(CC(C)C)c(=O)c1C#N. The molecule has 0 saturated heterocycles. The van der Waals surface area contributed by atoms with E-state index in [9.17, 15) is 20.0 Å². The number of ketones is 1. The third-order valence-electron chi connectivity index (χ3n) is 3.32. The minimum atomic E-state index is -0.595. The lowest BCUT2D eigenvalue weighted by Gasteiger charge is -2.16. The lowest BCUT2D eigenvalue weighted by molar-refractivity contribution is 0.100. The van der Waals surface area contributed by atoms with Crippen LogP contribution in [0.2, 0.25) is 0 Å². The monoisotopic (exact) mass is 300 g/mol. The maximum Gasteiger partial charge on any atom is 0.271 e. The van der Waals surface area contributed by atoms with Gasteiger partial charge in [0, 0.05) is 6.54 Å². The highest BCUT2D eigenvalue weighted by Gasteiger charge is 2.26. The predicted octanol–water partition coefficient (Wildman–Crippen LogP) is 2.21. The molecule has 0 bridgehead atoms. The first-order chi connectivity index (χ1) is 10.4. The second kappa shape index (κ2) is 5.90. The van der Waals surface area contributed by atoms with Crippen LogP contribution in [0.1, 0.15) is 41.1 Å². The lowest BCUT2D eigenvalue weighted by atomic mass is 10.00. The molecule has 1 N–H and O–H groups in total. The standard InChI is InChI=1S/C16H16N2O4/c1-9(2)8-18-15(20)11(7-17)10(3)13(16(18)21)14(19)12-5-4-6-22-12/h4-6,9,21H,8H2,1-3H3. The van der Waals surface area contributed by atoms with E-state index in [-0.39, 0.29) is 34.9 Å². The number of pyridine rings is 1. The van der Waals surface area contributed by atoms with Crippen molar-refractivity contribution in [2.75, 3.05) is 0 Å². The lowest BCUT2D eigenvalue weighted by Crippen LogP contribution is -2.28. The number of carbonyl (C=O) groups excluding carboxylic acids is 1. The first-order valence-corrected chi connectivity index (χ1v) is 6.83. The zero-order valence-corrected chi connectivity index (χ0v) is 12.6. The fraction of sp³-hybridized carbons (Fsp3) is 0.312. The molecular weight excluding hydrogens is 284 g/mol. The van der Waals surface area contributed by atoms with Crippen molar-refractivity contribution in [2.45, 2.75) is 27.3 Å². The maximum absolute atomic E-state index is 12.5. The molecule has 2 heterocycles. The average molecular weight is 300 g/mol. The van der Waals surface area contributed by atoms with Crippen LogP contribution < -0.4 is 5.56 Å². The van der Waals surface area contributed by atoms with Crippen LogP contribution in [0.4, 0.5) is 0 Å². The van der Waals surface area contributed by atoms with Crippen molar-refractivity contribution >= 4 is 5.78 Å². The van der Waals surface area contributed by atoms with Crippen molar-refractivity contribution in [1.82, 2.24) is 4.57 Å². The number of nitrogens with zero attached hydrogens (tertiary/aromatic N) is 2. The average Bonchev–Trinajstić information content (AvgIpc) is 2.98. The molecule has 0 aliphatic carbocycles. The molecule has 0 aromatic carbocycles. The van der Waals surface area contributed by atoms with E-state index < -0.39 is 17.2 Å². The van der Waals surface area contributed by atoms with Crippen LogP contribution in [0, 0.1) is 24.2 Å². The van der Waals surface area contributed by atoms with E-state index in [4.69, 9.17) is 4.42 Å². The van der Waals surface area contributed by atoms with E-state index in [1.807, 2.05) is 19.9 Å². The van der Waals surface area contributed by atoms with Crippen molar-refractivity contribution in [2.24, 2.45) is 5.92 Å². The third-order valence-corrected chi connectivity index (χ3v) is 3.32. The largest absolute Gasteiger partial charge is 0.494 e. The highest BCUT2D eigenvalue weighted by Crippen LogP contribution is 2.25. The molecule has 0 fully saturated rings. The summed E-state index contributed by atoms with van der Waals surface area (Å²) in [5.74, 6) is -0.896. The van der Waals surface area contributed by atoms with Gasteiger partial charge in [0.2, 0.25) is 11.7 Å². The summed E-state index contributed by atoms with van der Waals surface area (Å²) in [6, 6.07) is 4.83. The summed E-state index contributed by atoms with van der Waals surface area (Å²) in [7, 11) is 0. The quantitative estimate of drug-likeness (QED) is 0.873. The van der Waals surface area contributed by atoms with Gasteiger partial charge in [0.25, 0.3) is 5.56 Å². The van der Waals surface area contributed by atoms with Crippen LogP contribution in [-0.4, -0.2) is 15.5 Å². The molecule has 0 amide bonds. The Hall–Kier alpha value is -2.81. The van der Waals surface area contributed by atoms with Gasteiger partial charge in [-0.3, -0.25) is 14.2 Å². The summed E-state index contributed by atoms with van der Waals surface area (Å²) in [4.78, 5) is 24.8. The van der Waals surface area contributed by atoms with Gasteiger partial charge >= 0.3 is 0 Å². The van der Waals surface area contributed by atoms with E-state index in [0.29, 0.717) is 0 Å². The molecule has 6 nitrogen and oxygen atoms in total. The molecule has 2 rings (SSSR count). The summed E-state index contributed by atoms with van der Waals surface area (Å²) < 4.78 is 6.12. The number of nitriles is 1. The van der Waals surface area contributed by atoms with E-state index in [1.54, 1.807) is 6.07 Å². The highest BCUT2D eigenvalue weighted by molar-refractivity contribution is 6.09. The number of carbonyl (C=O) groups is 1. The van der Waals surface area contributed by atoms with Gasteiger partial charge in [-0.25, -0.2) is 0 Å². The second-order valence-electron chi connectivity index (χ2n) is 5.43.